The number of imidazole rings is 2. The minimum Gasteiger partial charge on any atom is -0.383 e. The van der Waals surface area contributed by atoms with Gasteiger partial charge in [-0.2, -0.15) is 10.5 Å². The summed E-state index contributed by atoms with van der Waals surface area (Å²) < 4.78 is 4.12. The minimum absolute atomic E-state index is 0.172. The molecule has 2 aliphatic rings. The maximum atomic E-state index is 9.21. The molecule has 12 rings (SSSR count). The summed E-state index contributed by atoms with van der Waals surface area (Å²) >= 11 is 0. The van der Waals surface area contributed by atoms with E-state index in [1.807, 2.05) is 89.5 Å². The molecule has 0 spiro atoms. The summed E-state index contributed by atoms with van der Waals surface area (Å²) in [4.78, 5) is 34.9. The van der Waals surface area contributed by atoms with Crippen molar-refractivity contribution < 1.29 is 0 Å². The first-order valence-corrected chi connectivity index (χ1v) is 25.2. The average Bonchev–Trinajstić information content (AvgIpc) is 4.21. The fourth-order valence-corrected chi connectivity index (χ4v) is 10.6. The Morgan fingerprint density at radius 2 is 1.04 bits per heavy atom. The Morgan fingerprint density at radius 1 is 0.507 bits per heavy atom. The predicted molar refractivity (Wildman–Crippen MR) is 292 cm³/mol. The molecule has 0 unspecified atom stereocenters. The third kappa shape index (κ3) is 9.43. The van der Waals surface area contributed by atoms with E-state index in [2.05, 4.69) is 109 Å². The summed E-state index contributed by atoms with van der Waals surface area (Å²) in [5, 5.41) is 24.2. The molecule has 2 fully saturated rings. The molecule has 2 aliphatic heterocycles. The Labute approximate surface area is 433 Å². The highest BCUT2D eigenvalue weighted by Crippen LogP contribution is 2.36. The lowest BCUT2D eigenvalue weighted by molar-refractivity contribution is 0.191. The molecule has 10 aromatic rings. The van der Waals surface area contributed by atoms with Crippen molar-refractivity contribution in [1.82, 2.24) is 59.5 Å². The molecule has 6 N–H and O–H groups in total. The zero-order chi connectivity index (χ0) is 50.8. The molecule has 16 nitrogen and oxygen atoms in total. The van der Waals surface area contributed by atoms with E-state index in [0.29, 0.717) is 56.9 Å². The number of nitrogen functional groups attached to an aromatic ring is 2. The molecular weight excluding hydrogens is 933 g/mol. The second kappa shape index (κ2) is 20.2. The number of nitrogens with two attached hydrogens (primary N) is 2. The van der Waals surface area contributed by atoms with E-state index in [4.69, 9.17) is 41.6 Å². The van der Waals surface area contributed by atoms with Gasteiger partial charge >= 0.3 is 0 Å². The number of pyridine rings is 4. The quantitative estimate of drug-likeness (QED) is 0.0626. The first-order chi connectivity index (χ1) is 36.8. The number of fused-ring (bicyclic) bond motifs is 2. The normalized spacial score (nSPS) is 16.0. The van der Waals surface area contributed by atoms with Gasteiger partial charge in [-0.15, -0.1) is 0 Å². The highest BCUT2D eigenvalue weighted by Gasteiger charge is 2.25. The van der Waals surface area contributed by atoms with E-state index in [1.165, 1.54) is 11.1 Å². The lowest BCUT2D eigenvalue weighted by Crippen LogP contribution is -2.43. The Morgan fingerprint density at radius 3 is 1.63 bits per heavy atom. The number of anilines is 2. The second-order valence-electron chi connectivity index (χ2n) is 19.3. The second-order valence-corrected chi connectivity index (χ2v) is 19.3. The van der Waals surface area contributed by atoms with Crippen molar-refractivity contribution in [3.8, 4) is 80.3 Å². The van der Waals surface area contributed by atoms with Crippen molar-refractivity contribution in [2.75, 3.05) is 37.6 Å². The highest BCUT2D eigenvalue weighted by atomic mass is 15.2. The number of likely N-dealkylation sites (tertiary alicyclic amines) is 2. The predicted octanol–water partition coefficient (Wildman–Crippen LogP) is 9.12. The summed E-state index contributed by atoms with van der Waals surface area (Å²) in [6, 6.07) is 51.4. The summed E-state index contributed by atoms with van der Waals surface area (Å²) in [5.74, 6) is 1.98. The zero-order valence-electron chi connectivity index (χ0n) is 41.1. The van der Waals surface area contributed by atoms with Gasteiger partial charge in [0.25, 0.3) is 0 Å². The van der Waals surface area contributed by atoms with Gasteiger partial charge in [-0.05, 0) is 116 Å². The Kier molecular flexibility index (Phi) is 12.5. The van der Waals surface area contributed by atoms with Gasteiger partial charge in [-0.3, -0.25) is 18.9 Å². The molecule has 2 saturated heterocycles. The summed E-state index contributed by atoms with van der Waals surface area (Å²) in [6.45, 7) is 5.15. The number of piperidine rings is 1. The average molecular weight is 985 g/mol. The molecule has 0 radical (unpaired) electrons. The molecule has 16 heteroatoms. The minimum atomic E-state index is 0.172. The van der Waals surface area contributed by atoms with Gasteiger partial charge in [0.1, 0.15) is 22.7 Å². The van der Waals surface area contributed by atoms with Crippen molar-refractivity contribution in [1.29, 1.82) is 10.5 Å². The standard InChI is InChI=1S/C59H52N16/c60-36-65-43-11-6-29-72(34-43)32-38-13-17-45(18-14-38)74-56(47-12-5-28-64-54(47)62)70-53-26-24-51(69-59(53)74)42-10-4-9-41(31-42)50-22-21-48(55(63)67-50)57-71-52-25-23-49(40-7-2-1-3-8-40)68-58(52)75(57)46-19-15-39(16-20-46)33-73-30-27-44(35-73)66-37-61/h1-5,7-10,12-26,28,31,43-44,65-66H,6,11,27,29-30,32-35H2,(H2,62,64)(H2,63,67)/t43-,44-/m0/s1. The largest absolute Gasteiger partial charge is 0.383 e. The van der Waals surface area contributed by atoms with E-state index in [-0.39, 0.29) is 12.1 Å². The van der Waals surface area contributed by atoms with Crippen LogP contribution in [0.25, 0.3) is 90.3 Å². The van der Waals surface area contributed by atoms with E-state index in [0.717, 1.165) is 104 Å². The van der Waals surface area contributed by atoms with Crippen molar-refractivity contribution in [3.63, 3.8) is 0 Å². The van der Waals surface area contributed by atoms with Crippen LogP contribution < -0.4 is 22.1 Å². The number of hydrogen-bond acceptors (Lipinski definition) is 14. The van der Waals surface area contributed by atoms with Crippen LogP contribution in [0, 0.1) is 22.9 Å². The maximum Gasteiger partial charge on any atom is 0.176 e. The first kappa shape index (κ1) is 46.6. The van der Waals surface area contributed by atoms with Gasteiger partial charge in [-0.1, -0.05) is 72.8 Å². The fraction of sp³-hybridized carbons (Fsp3) is 0.186. The van der Waals surface area contributed by atoms with E-state index in [9.17, 15) is 5.26 Å². The molecule has 6 aromatic heterocycles. The number of rotatable bonds is 13. The van der Waals surface area contributed by atoms with Crippen LogP contribution in [-0.2, 0) is 13.1 Å². The third-order valence-electron chi connectivity index (χ3n) is 14.3. The van der Waals surface area contributed by atoms with Crippen LogP contribution in [0.4, 0.5) is 11.6 Å². The number of hydrogen-bond donors (Lipinski definition) is 4. The third-order valence-corrected chi connectivity index (χ3v) is 14.3. The van der Waals surface area contributed by atoms with Gasteiger partial charge in [0, 0.05) is 79.1 Å². The van der Waals surface area contributed by atoms with Crippen LogP contribution in [0.1, 0.15) is 30.4 Å². The number of nitriles is 2. The molecule has 0 bridgehead atoms. The van der Waals surface area contributed by atoms with Crippen LogP contribution in [0.2, 0.25) is 0 Å². The van der Waals surface area contributed by atoms with Crippen LogP contribution in [-0.4, -0.2) is 87.1 Å². The van der Waals surface area contributed by atoms with Gasteiger partial charge < -0.3 is 22.1 Å². The van der Waals surface area contributed by atoms with Gasteiger partial charge in [-0.25, -0.2) is 29.9 Å². The lowest BCUT2D eigenvalue weighted by Gasteiger charge is -2.32. The van der Waals surface area contributed by atoms with Crippen LogP contribution in [0.5, 0.6) is 0 Å². The van der Waals surface area contributed by atoms with Crippen molar-refractivity contribution in [2.24, 2.45) is 0 Å². The smallest absolute Gasteiger partial charge is 0.176 e. The van der Waals surface area contributed by atoms with Gasteiger partial charge in [0.05, 0.1) is 28.2 Å². The van der Waals surface area contributed by atoms with E-state index >= 15 is 0 Å². The molecule has 4 aromatic carbocycles. The zero-order valence-corrected chi connectivity index (χ0v) is 41.1. The molecule has 0 aliphatic carbocycles. The van der Waals surface area contributed by atoms with E-state index < -0.39 is 0 Å². The Balaban J connectivity index is 0.869. The lowest BCUT2D eigenvalue weighted by atomic mass is 10.0. The molecule has 0 amide bonds. The van der Waals surface area contributed by atoms with Gasteiger partial charge in [0.15, 0.2) is 35.3 Å². The molecule has 0 saturated carbocycles. The van der Waals surface area contributed by atoms with Crippen molar-refractivity contribution >= 4 is 34.0 Å². The monoisotopic (exact) mass is 984 g/mol. The summed E-state index contributed by atoms with van der Waals surface area (Å²) in [5.41, 5.74) is 26.9. The molecule has 75 heavy (non-hydrogen) atoms. The maximum absolute atomic E-state index is 9.21. The topological polar surface area (TPSA) is 217 Å². The number of nitrogens with one attached hydrogen (secondary N) is 2. The number of nitrogens with zero attached hydrogens (tertiary/aromatic N) is 12. The molecule has 368 valence electrons. The highest BCUT2D eigenvalue weighted by molar-refractivity contribution is 5.87. The van der Waals surface area contributed by atoms with Crippen LogP contribution >= 0.6 is 0 Å². The Bertz CT molecular complexity index is 3800. The van der Waals surface area contributed by atoms with Crippen molar-refractivity contribution in [3.05, 3.63) is 169 Å². The molecular formula is C59H52N16. The number of aromatic nitrogens is 8. The summed E-state index contributed by atoms with van der Waals surface area (Å²) in [6.07, 6.45) is 8.88. The van der Waals surface area contributed by atoms with E-state index in [1.54, 1.807) is 6.20 Å². The fourth-order valence-electron chi connectivity index (χ4n) is 10.6. The number of benzene rings is 4. The van der Waals surface area contributed by atoms with Crippen molar-refractivity contribution in [2.45, 2.75) is 44.4 Å². The summed E-state index contributed by atoms with van der Waals surface area (Å²) in [7, 11) is 0. The Hall–Kier alpha value is -9.48. The van der Waals surface area contributed by atoms with Crippen LogP contribution in [0.15, 0.2) is 158 Å². The molecule has 2 atom stereocenters. The van der Waals surface area contributed by atoms with Gasteiger partial charge in [0.2, 0.25) is 0 Å². The molecule has 8 heterocycles. The van der Waals surface area contributed by atoms with Crippen LogP contribution in [0.3, 0.4) is 0 Å². The SMILES string of the molecule is N#CN[C@H]1CCCN(Cc2ccc(-n3c(-c4cccnc4N)nc4ccc(-c5cccc(-c6ccc(-c7nc8ccc(-c9ccccc9)nc8n7-c7ccc(CN8CC[C@H](NC#N)C8)cc7)c(N)n6)c5)nc43)cc2)C1. The first-order valence-electron chi connectivity index (χ1n) is 25.2.